The fraction of sp³-hybridized carbons (Fsp3) is 0.381. The Balaban J connectivity index is 1.50. The van der Waals surface area contributed by atoms with E-state index in [1.54, 1.807) is 18.3 Å². The Bertz CT molecular complexity index is 797. The van der Waals surface area contributed by atoms with Crippen LogP contribution < -0.4 is 0 Å². The highest BCUT2D eigenvalue weighted by Gasteiger charge is 2.43. The van der Waals surface area contributed by atoms with Gasteiger partial charge in [-0.1, -0.05) is 30.3 Å². The number of benzene rings is 1. The number of hydrogen-bond acceptors (Lipinski definition) is 4. The highest BCUT2D eigenvalue weighted by atomic mass is 16.1. The van der Waals surface area contributed by atoms with Gasteiger partial charge in [-0.2, -0.15) is 5.26 Å². The maximum atomic E-state index is 12.9. The molecule has 2 atom stereocenters. The quantitative estimate of drug-likeness (QED) is 0.804. The molecule has 2 unspecified atom stereocenters. The number of nitrogens with zero attached hydrogens (tertiary/aromatic N) is 3. The molecule has 2 fully saturated rings. The van der Waals surface area contributed by atoms with Gasteiger partial charge in [0, 0.05) is 30.7 Å². The van der Waals surface area contributed by atoms with Crippen molar-refractivity contribution in [3.8, 4) is 6.07 Å². The second-order valence-electron chi connectivity index (χ2n) is 7.09. The van der Waals surface area contributed by atoms with Gasteiger partial charge in [0.05, 0.1) is 5.56 Å². The molecule has 0 saturated carbocycles. The summed E-state index contributed by atoms with van der Waals surface area (Å²) in [6.45, 7) is 0.962. The van der Waals surface area contributed by atoms with Crippen molar-refractivity contribution in [3.05, 3.63) is 65.5 Å². The Morgan fingerprint density at radius 3 is 2.52 bits per heavy atom. The van der Waals surface area contributed by atoms with Crippen LogP contribution in [0.1, 0.15) is 47.3 Å². The smallest absolute Gasteiger partial charge is 0.185 e. The first-order chi connectivity index (χ1) is 12.3. The summed E-state index contributed by atoms with van der Waals surface area (Å²) in [5.74, 6) is 0.0416. The molecule has 0 amide bonds. The van der Waals surface area contributed by atoms with Gasteiger partial charge in [0.15, 0.2) is 5.78 Å². The molecule has 25 heavy (non-hydrogen) atoms. The Labute approximate surface area is 148 Å². The van der Waals surface area contributed by atoms with Crippen molar-refractivity contribution in [2.75, 3.05) is 0 Å². The van der Waals surface area contributed by atoms with Crippen molar-refractivity contribution in [2.24, 2.45) is 5.92 Å². The number of pyridine rings is 1. The summed E-state index contributed by atoms with van der Waals surface area (Å²) in [6, 6.07) is 17.0. The Kier molecular flexibility index (Phi) is 4.33. The van der Waals surface area contributed by atoms with E-state index in [0.717, 1.165) is 32.2 Å². The van der Waals surface area contributed by atoms with Gasteiger partial charge >= 0.3 is 0 Å². The van der Waals surface area contributed by atoms with Crippen LogP contribution in [0.25, 0.3) is 0 Å². The average molecular weight is 331 g/mol. The third-order valence-corrected chi connectivity index (χ3v) is 5.62. The lowest BCUT2D eigenvalue weighted by molar-refractivity contribution is 0.0673. The molecular weight excluding hydrogens is 310 g/mol. The zero-order valence-corrected chi connectivity index (χ0v) is 14.1. The second-order valence-corrected chi connectivity index (χ2v) is 7.09. The lowest BCUT2D eigenvalue weighted by atomic mass is 9.85. The van der Waals surface area contributed by atoms with E-state index in [-0.39, 0.29) is 11.7 Å². The SMILES string of the molecule is N#Cc1cccnc1C(=O)C1CC2CCC(C1)N2Cc1ccccc1. The number of nitriles is 1. The standard InChI is InChI=1S/C21H21N3O/c22-13-16-7-4-10-23-20(16)21(25)17-11-18-8-9-19(12-17)24(18)14-15-5-2-1-3-6-15/h1-7,10,17-19H,8-9,11-12,14H2. The molecule has 1 aromatic carbocycles. The molecule has 0 aliphatic carbocycles. The van der Waals surface area contributed by atoms with Crippen LogP contribution in [-0.2, 0) is 6.54 Å². The van der Waals surface area contributed by atoms with Crippen molar-refractivity contribution in [2.45, 2.75) is 44.3 Å². The number of hydrogen-bond donors (Lipinski definition) is 0. The minimum atomic E-state index is -0.00785. The van der Waals surface area contributed by atoms with Crippen LogP contribution in [0.15, 0.2) is 48.7 Å². The number of fused-ring (bicyclic) bond motifs is 2. The van der Waals surface area contributed by atoms with E-state index in [9.17, 15) is 10.1 Å². The third-order valence-electron chi connectivity index (χ3n) is 5.62. The van der Waals surface area contributed by atoms with Crippen LogP contribution in [0.2, 0.25) is 0 Å². The topological polar surface area (TPSA) is 57.0 Å². The van der Waals surface area contributed by atoms with Crippen LogP contribution in [0.3, 0.4) is 0 Å². The average Bonchev–Trinajstić information content (AvgIpc) is 2.89. The lowest BCUT2D eigenvalue weighted by Crippen LogP contribution is -2.44. The first-order valence-corrected chi connectivity index (χ1v) is 8.95. The number of carbonyl (C=O) groups excluding carboxylic acids is 1. The van der Waals surface area contributed by atoms with E-state index in [1.807, 2.05) is 6.07 Å². The zero-order chi connectivity index (χ0) is 17.2. The summed E-state index contributed by atoms with van der Waals surface area (Å²) in [7, 11) is 0. The molecule has 1 aromatic heterocycles. The molecule has 0 radical (unpaired) electrons. The number of aromatic nitrogens is 1. The van der Waals surface area contributed by atoms with E-state index < -0.39 is 0 Å². The number of piperidine rings is 1. The number of ketones is 1. The van der Waals surface area contributed by atoms with Crippen molar-refractivity contribution < 1.29 is 4.79 Å². The molecule has 2 aliphatic rings. The zero-order valence-electron chi connectivity index (χ0n) is 14.1. The van der Waals surface area contributed by atoms with Gasteiger partial charge in [0.1, 0.15) is 11.8 Å². The molecule has 4 heteroatoms. The molecule has 2 bridgehead atoms. The molecule has 4 nitrogen and oxygen atoms in total. The predicted octanol–water partition coefficient (Wildman–Crippen LogP) is 3.58. The summed E-state index contributed by atoms with van der Waals surface area (Å²) in [5, 5.41) is 9.24. The minimum Gasteiger partial charge on any atom is -0.293 e. The largest absolute Gasteiger partial charge is 0.293 e. The van der Waals surface area contributed by atoms with E-state index in [0.29, 0.717) is 23.3 Å². The van der Waals surface area contributed by atoms with Crippen molar-refractivity contribution in [1.82, 2.24) is 9.88 Å². The molecule has 2 aromatic rings. The Morgan fingerprint density at radius 2 is 1.84 bits per heavy atom. The molecule has 2 aliphatic heterocycles. The van der Waals surface area contributed by atoms with Crippen molar-refractivity contribution in [3.63, 3.8) is 0 Å². The Hall–Kier alpha value is -2.51. The van der Waals surface area contributed by atoms with Crippen LogP contribution in [0.5, 0.6) is 0 Å². The van der Waals surface area contributed by atoms with Gasteiger partial charge in [-0.05, 0) is 43.4 Å². The van der Waals surface area contributed by atoms with Crippen molar-refractivity contribution >= 4 is 5.78 Å². The molecule has 126 valence electrons. The van der Waals surface area contributed by atoms with Crippen LogP contribution >= 0.6 is 0 Å². The molecule has 0 N–H and O–H groups in total. The summed E-state index contributed by atoms with van der Waals surface area (Å²) < 4.78 is 0. The fourth-order valence-electron chi connectivity index (χ4n) is 4.43. The molecular formula is C21H21N3O. The monoisotopic (exact) mass is 331 g/mol. The third kappa shape index (κ3) is 3.08. The summed E-state index contributed by atoms with van der Waals surface area (Å²) in [6.07, 6.45) is 5.68. The van der Waals surface area contributed by atoms with Gasteiger partial charge in [0.25, 0.3) is 0 Å². The van der Waals surface area contributed by atoms with Gasteiger partial charge in [-0.25, -0.2) is 0 Å². The first kappa shape index (κ1) is 16.0. The minimum absolute atomic E-state index is 0.00785. The fourth-order valence-corrected chi connectivity index (χ4v) is 4.43. The summed E-state index contributed by atoms with van der Waals surface area (Å²) in [4.78, 5) is 19.7. The van der Waals surface area contributed by atoms with Crippen LogP contribution in [0.4, 0.5) is 0 Å². The van der Waals surface area contributed by atoms with Crippen LogP contribution in [0, 0.1) is 17.2 Å². The van der Waals surface area contributed by atoms with Crippen LogP contribution in [-0.4, -0.2) is 27.8 Å². The molecule has 4 rings (SSSR count). The predicted molar refractivity (Wildman–Crippen MR) is 94.8 cm³/mol. The first-order valence-electron chi connectivity index (χ1n) is 8.95. The number of rotatable bonds is 4. The maximum Gasteiger partial charge on any atom is 0.185 e. The van der Waals surface area contributed by atoms with E-state index in [1.165, 1.54) is 5.56 Å². The highest BCUT2D eigenvalue weighted by molar-refractivity contribution is 5.98. The van der Waals surface area contributed by atoms with E-state index in [2.05, 4.69) is 40.2 Å². The molecule has 2 saturated heterocycles. The normalized spacial score (nSPS) is 25.5. The molecule has 3 heterocycles. The Morgan fingerprint density at radius 1 is 1.12 bits per heavy atom. The van der Waals surface area contributed by atoms with E-state index >= 15 is 0 Å². The number of Topliss-reactive ketones (excluding diaryl/α,β-unsaturated/α-hetero) is 1. The van der Waals surface area contributed by atoms with Gasteiger partial charge in [-0.15, -0.1) is 0 Å². The van der Waals surface area contributed by atoms with Gasteiger partial charge in [0.2, 0.25) is 0 Å². The maximum absolute atomic E-state index is 12.9. The van der Waals surface area contributed by atoms with E-state index in [4.69, 9.17) is 0 Å². The highest BCUT2D eigenvalue weighted by Crippen LogP contribution is 2.40. The lowest BCUT2D eigenvalue weighted by Gasteiger charge is -2.38. The van der Waals surface area contributed by atoms with Crippen molar-refractivity contribution in [1.29, 1.82) is 5.26 Å². The molecule has 0 spiro atoms. The number of carbonyl (C=O) groups is 1. The van der Waals surface area contributed by atoms with Gasteiger partial charge < -0.3 is 0 Å². The second kappa shape index (κ2) is 6.78. The summed E-state index contributed by atoms with van der Waals surface area (Å²) in [5.41, 5.74) is 2.08. The summed E-state index contributed by atoms with van der Waals surface area (Å²) >= 11 is 0. The van der Waals surface area contributed by atoms with Gasteiger partial charge in [-0.3, -0.25) is 14.7 Å².